The number of nitriles is 1. The van der Waals surface area contributed by atoms with E-state index in [-0.39, 0.29) is 81.1 Å². The second kappa shape index (κ2) is 11.4. The molecule has 2 aliphatic heterocycles. The third kappa shape index (κ3) is 4.96. The third-order valence-corrected chi connectivity index (χ3v) is 9.51. The van der Waals surface area contributed by atoms with Gasteiger partial charge in [0.15, 0.2) is 16.8 Å². The molecule has 0 spiro atoms. The van der Waals surface area contributed by atoms with E-state index in [9.17, 15) is 18.8 Å². The first kappa shape index (κ1) is 29.9. The maximum Gasteiger partial charge on any atom is 0.282 e. The molecule has 2 N–H and O–H groups in total. The highest BCUT2D eigenvalue weighted by atomic mass is 35.5. The van der Waals surface area contributed by atoms with Gasteiger partial charge in [-0.3, -0.25) is 4.79 Å². The number of allylic oxidation sites excluding steroid dienone is 2. The summed E-state index contributed by atoms with van der Waals surface area (Å²) in [6.07, 6.45) is 1.83. The summed E-state index contributed by atoms with van der Waals surface area (Å²) in [5.41, 5.74) is 7.14. The molecular weight excluding hydrogens is 613 g/mol. The van der Waals surface area contributed by atoms with Gasteiger partial charge in [-0.2, -0.15) is 5.26 Å². The number of carbonyl (C=O) groups excluding carboxylic acids is 1. The number of nitrogens with zero attached hydrogens (tertiary/aromatic N) is 7. The van der Waals surface area contributed by atoms with E-state index in [2.05, 4.69) is 22.5 Å². The molecule has 0 radical (unpaired) electrons. The number of nitrogen functional groups attached to an aromatic ring is 1. The van der Waals surface area contributed by atoms with Gasteiger partial charge in [-0.05, 0) is 26.2 Å². The number of anilines is 3. The minimum atomic E-state index is -1.04. The van der Waals surface area contributed by atoms with E-state index in [1.54, 1.807) is 6.08 Å². The summed E-state index contributed by atoms with van der Waals surface area (Å²) in [6.45, 7) is 5.17. The number of rotatable bonds is 5. The Hall–Kier alpha value is -4.12. The van der Waals surface area contributed by atoms with Crippen molar-refractivity contribution in [2.45, 2.75) is 12.5 Å². The molecule has 9 nitrogen and oxygen atoms in total. The van der Waals surface area contributed by atoms with Gasteiger partial charge in [-0.25, -0.2) is 23.1 Å². The molecule has 1 aliphatic carbocycles. The number of nitrogens with two attached hydrogens (primary N) is 1. The Balaban J connectivity index is 1.56. The lowest BCUT2D eigenvalue weighted by molar-refractivity contribution is -0.128. The zero-order chi connectivity index (χ0) is 31.4. The molecule has 44 heavy (non-hydrogen) atoms. The van der Waals surface area contributed by atoms with Gasteiger partial charge in [0.05, 0.1) is 15.9 Å². The van der Waals surface area contributed by atoms with Crippen molar-refractivity contribution >= 4 is 73.2 Å². The van der Waals surface area contributed by atoms with Crippen molar-refractivity contribution in [2.75, 3.05) is 68.9 Å². The van der Waals surface area contributed by atoms with Gasteiger partial charge < -0.3 is 25.3 Å². The quantitative estimate of drug-likeness (QED) is 0.425. The van der Waals surface area contributed by atoms with Crippen LogP contribution in [0.4, 0.5) is 29.8 Å². The number of fused-ring (bicyclic) bond motifs is 2. The largest absolute Gasteiger partial charge is 0.375 e. The zero-order valence-electron chi connectivity index (χ0n) is 24.0. The average molecular weight is 641 g/mol. The highest BCUT2D eigenvalue weighted by molar-refractivity contribution is 7.22. The summed E-state index contributed by atoms with van der Waals surface area (Å²) in [7, 11) is 3.93. The summed E-state index contributed by atoms with van der Waals surface area (Å²) in [5.74, 6) is -2.76. The molecule has 6 rings (SSSR count). The van der Waals surface area contributed by atoms with Crippen molar-refractivity contribution in [2.24, 2.45) is 0 Å². The Morgan fingerprint density at radius 1 is 1.18 bits per heavy atom. The molecule has 0 atom stereocenters. The lowest BCUT2D eigenvalue weighted by Crippen LogP contribution is -2.59. The third-order valence-electron chi connectivity index (χ3n) is 8.27. The van der Waals surface area contributed by atoms with Crippen LogP contribution in [0.1, 0.15) is 17.5 Å². The average Bonchev–Trinajstić information content (AvgIpc) is 3.32. The first-order chi connectivity index (χ1) is 21.0. The number of piperazine rings is 1. The molecule has 0 saturated carbocycles. The molecule has 2 fully saturated rings. The number of hydrogen-bond acceptors (Lipinski definition) is 9. The molecule has 1 amide bonds. The molecular formula is C30H28ClF3N8OS. The van der Waals surface area contributed by atoms with Crippen molar-refractivity contribution < 1.29 is 18.0 Å². The Kier molecular flexibility index (Phi) is 7.77. The smallest absolute Gasteiger partial charge is 0.282 e. The van der Waals surface area contributed by atoms with Gasteiger partial charge in [0.25, 0.3) is 5.91 Å². The number of benzene rings is 1. The number of likely N-dealkylation sites (N-methyl/N-ethyl adjacent to an activating group) is 1. The maximum atomic E-state index is 17.0. The van der Waals surface area contributed by atoms with Crippen LogP contribution in [0.3, 0.4) is 0 Å². The predicted molar refractivity (Wildman–Crippen MR) is 167 cm³/mol. The number of aromatic nitrogens is 2. The van der Waals surface area contributed by atoms with Gasteiger partial charge >= 0.3 is 0 Å². The molecule has 14 heteroatoms. The van der Waals surface area contributed by atoms with Gasteiger partial charge in [-0.1, -0.05) is 35.6 Å². The van der Waals surface area contributed by atoms with Crippen LogP contribution in [0, 0.1) is 17.1 Å². The molecule has 0 bridgehead atoms. The van der Waals surface area contributed by atoms with Crippen LogP contribution in [-0.2, 0) is 4.79 Å². The molecule has 2 saturated heterocycles. The fourth-order valence-electron chi connectivity index (χ4n) is 5.84. The van der Waals surface area contributed by atoms with Crippen LogP contribution >= 0.6 is 22.9 Å². The van der Waals surface area contributed by atoms with Gasteiger partial charge in [0, 0.05) is 73.1 Å². The maximum absolute atomic E-state index is 17.0. The van der Waals surface area contributed by atoms with E-state index in [1.807, 2.05) is 23.9 Å². The van der Waals surface area contributed by atoms with E-state index in [0.717, 1.165) is 11.3 Å². The number of thiazole rings is 1. The topological polar surface area (TPSA) is 106 Å². The van der Waals surface area contributed by atoms with Crippen molar-refractivity contribution in [3.63, 3.8) is 0 Å². The molecule has 2 aromatic heterocycles. The molecule has 1 aromatic carbocycles. The van der Waals surface area contributed by atoms with Crippen LogP contribution in [-0.4, -0.2) is 85.1 Å². The monoisotopic (exact) mass is 640 g/mol. The first-order valence-corrected chi connectivity index (χ1v) is 15.1. The molecule has 4 heterocycles. The van der Waals surface area contributed by atoms with Crippen LogP contribution < -0.4 is 26.1 Å². The Morgan fingerprint density at radius 2 is 1.89 bits per heavy atom. The molecule has 228 valence electrons. The summed E-state index contributed by atoms with van der Waals surface area (Å²) in [4.78, 5) is 28.5. The van der Waals surface area contributed by atoms with Crippen LogP contribution in [0.25, 0.3) is 27.7 Å². The molecule has 0 unspecified atom stereocenters. The Morgan fingerprint density at radius 3 is 2.52 bits per heavy atom. The van der Waals surface area contributed by atoms with E-state index in [4.69, 9.17) is 22.3 Å². The number of carbonyl (C=O) groups is 1. The fraction of sp³-hybridized carbons (Fsp3) is 0.333. The normalized spacial score (nSPS) is 17.4. The van der Waals surface area contributed by atoms with Crippen LogP contribution in [0.2, 0.25) is 0 Å². The fourth-order valence-corrected chi connectivity index (χ4v) is 6.87. The van der Waals surface area contributed by atoms with Crippen molar-refractivity contribution in [3.05, 3.63) is 57.1 Å². The van der Waals surface area contributed by atoms with Crippen molar-refractivity contribution in [1.29, 1.82) is 5.26 Å². The van der Waals surface area contributed by atoms with E-state index in [1.165, 1.54) is 17.0 Å². The second-order valence-electron chi connectivity index (χ2n) is 11.1. The van der Waals surface area contributed by atoms with E-state index >= 15 is 4.39 Å². The Bertz CT molecular complexity index is 1920. The van der Waals surface area contributed by atoms with Gasteiger partial charge in [-0.15, -0.1) is 0 Å². The Labute approximate surface area is 260 Å². The second-order valence-corrected chi connectivity index (χ2v) is 12.6. The minimum absolute atomic E-state index is 0.00993. The van der Waals surface area contributed by atoms with Crippen LogP contribution in [0.15, 0.2) is 29.6 Å². The number of pyridine rings is 1. The zero-order valence-corrected chi connectivity index (χ0v) is 25.6. The predicted octanol–water partition coefficient (Wildman–Crippen LogP) is 3.08. The summed E-state index contributed by atoms with van der Waals surface area (Å²) >= 11 is 7.73. The first-order valence-electron chi connectivity index (χ1n) is 13.9. The summed E-state index contributed by atoms with van der Waals surface area (Å²) in [5, 5.41) is 11.1. The summed E-state index contributed by atoms with van der Waals surface area (Å²) in [6, 6.07) is 5.18. The number of hydrogen-bond donors (Lipinski definition) is 1. The number of amides is 1. The van der Waals surface area contributed by atoms with Crippen LogP contribution in [0.5, 0.6) is 0 Å². The van der Waals surface area contributed by atoms with Gasteiger partial charge in [0.1, 0.15) is 28.6 Å². The number of halogens is 4. The van der Waals surface area contributed by atoms with Crippen molar-refractivity contribution in [3.8, 4) is 6.07 Å². The lowest BCUT2D eigenvalue weighted by atomic mass is 10.0. The van der Waals surface area contributed by atoms with Crippen molar-refractivity contribution in [1.82, 2.24) is 19.8 Å². The highest BCUT2D eigenvalue weighted by Gasteiger charge is 2.35. The molecule has 3 aliphatic rings. The van der Waals surface area contributed by atoms with E-state index < -0.39 is 23.4 Å². The lowest BCUT2D eigenvalue weighted by Gasteiger charge is -2.44. The highest BCUT2D eigenvalue weighted by Crippen LogP contribution is 2.40. The standard InChI is InChI=1S/C30H28ClF3N8OS/c1-15(32)29(43)41-10-8-40(9-11-41)26-18-4-6-20(31)22(17-5-7-21(33)27-25(17)38-30(36)44-27)23(34)24(18)37-28(19(26)12-35)42-13-16(14-42)39(2)3/h4-5,7,16H,1,6,8-11,13-14H2,2-3H3,(H2,36,38). The van der Waals surface area contributed by atoms with E-state index in [0.29, 0.717) is 29.8 Å². The summed E-state index contributed by atoms with van der Waals surface area (Å²) < 4.78 is 45.4. The minimum Gasteiger partial charge on any atom is -0.375 e. The van der Waals surface area contributed by atoms with Gasteiger partial charge in [0.2, 0.25) is 0 Å². The molecule has 3 aromatic rings. The SMILES string of the molecule is C=C(F)C(=O)N1CCN(c2c(C#N)c(N3CC(N(C)C)C3)nc3c2=CCC(Cl)=C(c2ccc(F)c4sc(N)nc24)C=3F)CC1.